The van der Waals surface area contributed by atoms with E-state index in [-0.39, 0.29) is 5.60 Å². The van der Waals surface area contributed by atoms with E-state index in [9.17, 15) is 0 Å². The Balaban J connectivity index is 2.78. The van der Waals surface area contributed by atoms with E-state index in [4.69, 9.17) is 4.43 Å². The van der Waals surface area contributed by atoms with Crippen molar-refractivity contribution in [3.8, 4) is 0 Å². The predicted molar refractivity (Wildman–Crippen MR) is 64.3 cm³/mol. The number of benzene rings is 1. The molecule has 1 rings (SSSR count). The fourth-order valence-corrected chi connectivity index (χ4v) is 3.14. The molecule has 1 nitrogen and oxygen atoms in total. The van der Waals surface area contributed by atoms with Crippen molar-refractivity contribution < 1.29 is 4.43 Å². The molecule has 0 aliphatic heterocycles. The molecular formula is C12H18OSi. The zero-order chi connectivity index (χ0) is 10.6. The molecule has 2 heteroatoms. The number of rotatable bonds is 3. The predicted octanol–water partition coefficient (Wildman–Crippen LogP) is 2.16. The summed E-state index contributed by atoms with van der Waals surface area (Å²) >= 11 is 0. The molecule has 0 saturated heterocycles. The smallest absolute Gasteiger partial charge is 0.232 e. The maximum atomic E-state index is 5.99. The van der Waals surface area contributed by atoms with Crippen LogP contribution in [0.1, 0.15) is 20.8 Å². The Morgan fingerprint density at radius 1 is 1.21 bits per heavy atom. The Kier molecular flexibility index (Phi) is 3.67. The van der Waals surface area contributed by atoms with E-state index in [2.05, 4.69) is 39.5 Å². The fraction of sp³-hybridized carbons (Fsp3) is 0.333. The van der Waals surface area contributed by atoms with E-state index in [0.717, 1.165) is 0 Å². The summed E-state index contributed by atoms with van der Waals surface area (Å²) in [5.74, 6) is 0. The molecule has 0 radical (unpaired) electrons. The number of hydrogen-bond donors (Lipinski definition) is 0. The molecule has 1 atom stereocenters. The first-order valence-electron chi connectivity index (χ1n) is 4.88. The van der Waals surface area contributed by atoms with Gasteiger partial charge in [0, 0.05) is 5.60 Å². The van der Waals surface area contributed by atoms with Gasteiger partial charge in [0.2, 0.25) is 9.04 Å². The third-order valence-electron chi connectivity index (χ3n) is 1.82. The Hall–Kier alpha value is -0.863. The fourth-order valence-electron chi connectivity index (χ4n) is 1.28. The molecule has 0 spiro atoms. The molecule has 0 aromatic heterocycles. The Morgan fingerprint density at radius 2 is 1.79 bits per heavy atom. The molecule has 0 bridgehead atoms. The second-order valence-corrected chi connectivity index (χ2v) is 6.51. The minimum atomic E-state index is -1.43. The van der Waals surface area contributed by atoms with Gasteiger partial charge in [-0.2, -0.15) is 0 Å². The van der Waals surface area contributed by atoms with Crippen LogP contribution in [0, 0.1) is 0 Å². The van der Waals surface area contributed by atoms with E-state index in [1.807, 2.05) is 23.9 Å². The van der Waals surface area contributed by atoms with Crippen LogP contribution < -0.4 is 5.19 Å². The van der Waals surface area contributed by atoms with Crippen LogP contribution in [0.25, 0.3) is 0 Å². The monoisotopic (exact) mass is 206 g/mol. The summed E-state index contributed by atoms with van der Waals surface area (Å²) in [6.45, 7) is 10.1. The lowest BCUT2D eigenvalue weighted by atomic mass is 10.2. The van der Waals surface area contributed by atoms with E-state index in [1.165, 1.54) is 5.19 Å². The second-order valence-electron chi connectivity index (χ2n) is 4.30. The van der Waals surface area contributed by atoms with Crippen LogP contribution in [0.3, 0.4) is 0 Å². The molecular weight excluding hydrogens is 188 g/mol. The van der Waals surface area contributed by atoms with Crippen molar-refractivity contribution in [3.63, 3.8) is 0 Å². The van der Waals surface area contributed by atoms with E-state index < -0.39 is 9.04 Å². The zero-order valence-electron chi connectivity index (χ0n) is 9.16. The molecule has 0 heterocycles. The van der Waals surface area contributed by atoms with Crippen LogP contribution in [-0.4, -0.2) is 14.6 Å². The summed E-state index contributed by atoms with van der Waals surface area (Å²) in [4.78, 5) is 0. The summed E-state index contributed by atoms with van der Waals surface area (Å²) < 4.78 is 5.99. The van der Waals surface area contributed by atoms with Gasteiger partial charge in [-0.25, -0.2) is 0 Å². The molecule has 14 heavy (non-hydrogen) atoms. The molecule has 0 aliphatic carbocycles. The lowest BCUT2D eigenvalue weighted by Crippen LogP contribution is -2.38. The van der Waals surface area contributed by atoms with Crippen LogP contribution in [0.5, 0.6) is 0 Å². The zero-order valence-corrected chi connectivity index (χ0v) is 10.3. The highest BCUT2D eigenvalue weighted by Crippen LogP contribution is 2.09. The van der Waals surface area contributed by atoms with Gasteiger partial charge >= 0.3 is 0 Å². The SMILES string of the molecule is C=C[SiH](OC(C)(C)C)c1ccccc1. The summed E-state index contributed by atoms with van der Waals surface area (Å²) in [5.41, 5.74) is 1.89. The summed E-state index contributed by atoms with van der Waals surface area (Å²) in [5, 5.41) is 1.29. The van der Waals surface area contributed by atoms with Crippen molar-refractivity contribution in [2.24, 2.45) is 0 Å². The van der Waals surface area contributed by atoms with Crippen LogP contribution in [0.15, 0.2) is 42.6 Å². The summed E-state index contributed by atoms with van der Waals surface area (Å²) in [6, 6.07) is 10.3. The highest BCUT2D eigenvalue weighted by atomic mass is 28.3. The number of hydrogen-bond acceptors (Lipinski definition) is 1. The topological polar surface area (TPSA) is 9.23 Å². The van der Waals surface area contributed by atoms with E-state index in [1.54, 1.807) is 0 Å². The molecule has 76 valence electrons. The molecule has 0 aliphatic rings. The van der Waals surface area contributed by atoms with Gasteiger partial charge in [0.1, 0.15) is 0 Å². The third kappa shape index (κ3) is 3.48. The van der Waals surface area contributed by atoms with Gasteiger partial charge in [0.15, 0.2) is 0 Å². The Morgan fingerprint density at radius 3 is 2.21 bits per heavy atom. The average molecular weight is 206 g/mol. The summed E-state index contributed by atoms with van der Waals surface area (Å²) in [6.07, 6.45) is 0. The van der Waals surface area contributed by atoms with Crippen LogP contribution in [0.2, 0.25) is 0 Å². The van der Waals surface area contributed by atoms with Crippen molar-refractivity contribution >= 4 is 14.2 Å². The van der Waals surface area contributed by atoms with E-state index >= 15 is 0 Å². The molecule has 1 aromatic rings. The normalized spacial score (nSPS) is 13.6. The minimum Gasteiger partial charge on any atom is -0.407 e. The van der Waals surface area contributed by atoms with Gasteiger partial charge in [-0.15, -0.1) is 6.58 Å². The highest BCUT2D eigenvalue weighted by Gasteiger charge is 2.18. The van der Waals surface area contributed by atoms with E-state index in [0.29, 0.717) is 0 Å². The molecule has 1 aromatic carbocycles. The van der Waals surface area contributed by atoms with Gasteiger partial charge in [-0.3, -0.25) is 0 Å². The summed E-state index contributed by atoms with van der Waals surface area (Å²) in [7, 11) is -1.43. The highest BCUT2D eigenvalue weighted by molar-refractivity contribution is 6.72. The Bertz CT molecular complexity index is 287. The first kappa shape index (κ1) is 11.2. The van der Waals surface area contributed by atoms with Gasteiger partial charge in [0.25, 0.3) is 0 Å². The molecule has 0 saturated carbocycles. The van der Waals surface area contributed by atoms with Crippen molar-refractivity contribution in [1.29, 1.82) is 0 Å². The van der Waals surface area contributed by atoms with Gasteiger partial charge < -0.3 is 4.43 Å². The van der Waals surface area contributed by atoms with Gasteiger partial charge in [-0.1, -0.05) is 36.0 Å². The largest absolute Gasteiger partial charge is 0.407 e. The maximum Gasteiger partial charge on any atom is 0.232 e. The maximum absolute atomic E-state index is 5.99. The first-order chi connectivity index (χ1) is 6.53. The standard InChI is InChI=1S/C12H18OSi/c1-5-14(13-12(2,3)4)11-9-7-6-8-10-11/h5-10,14H,1H2,2-4H3. The second kappa shape index (κ2) is 4.58. The van der Waals surface area contributed by atoms with Crippen LogP contribution in [-0.2, 0) is 4.43 Å². The quantitative estimate of drug-likeness (QED) is 0.689. The molecule has 0 amide bonds. The lowest BCUT2D eigenvalue weighted by molar-refractivity contribution is 0.136. The van der Waals surface area contributed by atoms with Crippen molar-refractivity contribution in [2.45, 2.75) is 26.4 Å². The van der Waals surface area contributed by atoms with Crippen molar-refractivity contribution in [1.82, 2.24) is 0 Å². The molecule has 1 unspecified atom stereocenters. The van der Waals surface area contributed by atoms with Gasteiger partial charge in [-0.05, 0) is 26.0 Å². The van der Waals surface area contributed by atoms with Crippen molar-refractivity contribution in [3.05, 3.63) is 42.6 Å². The van der Waals surface area contributed by atoms with Crippen molar-refractivity contribution in [2.75, 3.05) is 0 Å². The van der Waals surface area contributed by atoms with Crippen LogP contribution in [0.4, 0.5) is 0 Å². The van der Waals surface area contributed by atoms with Crippen LogP contribution >= 0.6 is 0 Å². The Labute approximate surface area is 88.1 Å². The third-order valence-corrected chi connectivity index (χ3v) is 4.25. The first-order valence-corrected chi connectivity index (χ1v) is 6.60. The minimum absolute atomic E-state index is 0.0824. The molecule has 0 fully saturated rings. The average Bonchev–Trinajstić information content (AvgIpc) is 2.14. The lowest BCUT2D eigenvalue weighted by Gasteiger charge is -2.25. The van der Waals surface area contributed by atoms with Gasteiger partial charge in [0.05, 0.1) is 0 Å². The molecule has 0 N–H and O–H groups in total.